The summed E-state index contributed by atoms with van der Waals surface area (Å²) >= 11 is 0. The number of carbonyl (C=O) groups excluding carboxylic acids is 1. The Morgan fingerprint density at radius 1 is 1.09 bits per heavy atom. The van der Waals surface area contributed by atoms with Crippen LogP contribution in [0.15, 0.2) is 73.3 Å². The molecule has 2 atom stereocenters. The molecule has 0 radical (unpaired) electrons. The summed E-state index contributed by atoms with van der Waals surface area (Å²) in [5.41, 5.74) is 8.32. The zero-order chi connectivity index (χ0) is 31.7. The average Bonchev–Trinajstić information content (AvgIpc) is 3.31. The summed E-state index contributed by atoms with van der Waals surface area (Å²) in [6.07, 6.45) is 8.10. The van der Waals surface area contributed by atoms with Crippen molar-refractivity contribution in [3.63, 3.8) is 0 Å². The van der Waals surface area contributed by atoms with Gasteiger partial charge in [-0.25, -0.2) is 4.68 Å². The lowest BCUT2D eigenvalue weighted by Crippen LogP contribution is -2.37. The van der Waals surface area contributed by atoms with Crippen molar-refractivity contribution < 1.29 is 9.53 Å². The molecular formula is C36H41N7O2. The molecule has 0 spiro atoms. The van der Waals surface area contributed by atoms with Gasteiger partial charge in [0.1, 0.15) is 17.4 Å². The molecule has 232 valence electrons. The Bertz CT molecular complexity index is 1830. The molecule has 6 rings (SSSR count). The number of pyridine rings is 2. The molecule has 45 heavy (non-hydrogen) atoms. The molecular weight excluding hydrogens is 562 g/mol. The fourth-order valence-corrected chi connectivity index (χ4v) is 6.48. The second kappa shape index (κ2) is 12.4. The fraction of sp³-hybridized carbons (Fsp3) is 0.361. The zero-order valence-electron chi connectivity index (χ0n) is 26.9. The van der Waals surface area contributed by atoms with Crippen LogP contribution in [-0.4, -0.2) is 48.4 Å². The van der Waals surface area contributed by atoms with Gasteiger partial charge in [-0.15, -0.1) is 5.10 Å². The van der Waals surface area contributed by atoms with E-state index in [1.54, 1.807) is 23.3 Å². The predicted octanol–water partition coefficient (Wildman–Crippen LogP) is 6.35. The Hall–Kier alpha value is -4.63. The van der Waals surface area contributed by atoms with Gasteiger partial charge in [-0.2, -0.15) is 0 Å². The normalized spacial score (nSPS) is 16.1. The van der Waals surface area contributed by atoms with Gasteiger partial charge in [0, 0.05) is 56.8 Å². The number of nitrogens with zero attached hydrogens (tertiary/aromatic N) is 6. The first kappa shape index (κ1) is 30.4. The van der Waals surface area contributed by atoms with Crippen LogP contribution >= 0.6 is 0 Å². The van der Waals surface area contributed by atoms with E-state index in [2.05, 4.69) is 81.6 Å². The van der Waals surface area contributed by atoms with E-state index in [1.165, 1.54) is 11.1 Å². The molecule has 5 aromatic rings. The lowest BCUT2D eigenvalue weighted by Gasteiger charge is -2.35. The monoisotopic (exact) mass is 603 g/mol. The van der Waals surface area contributed by atoms with Gasteiger partial charge in [-0.3, -0.25) is 19.7 Å². The number of ether oxygens (including phenoxy) is 1. The number of amides is 1. The van der Waals surface area contributed by atoms with E-state index in [-0.39, 0.29) is 17.9 Å². The molecule has 2 aromatic carbocycles. The number of aryl methyl sites for hydroxylation is 3. The summed E-state index contributed by atoms with van der Waals surface area (Å²) in [7, 11) is 1.90. The fourth-order valence-electron chi connectivity index (χ4n) is 6.48. The Morgan fingerprint density at radius 2 is 1.91 bits per heavy atom. The van der Waals surface area contributed by atoms with Crippen LogP contribution in [0.1, 0.15) is 66.5 Å². The van der Waals surface area contributed by atoms with E-state index >= 15 is 0 Å². The third-order valence-electron chi connectivity index (χ3n) is 9.18. The van der Waals surface area contributed by atoms with E-state index in [1.807, 2.05) is 45.3 Å². The van der Waals surface area contributed by atoms with Crippen LogP contribution in [0.25, 0.3) is 11.0 Å². The largest absolute Gasteiger partial charge is 0.489 e. The van der Waals surface area contributed by atoms with Gasteiger partial charge in [-0.1, -0.05) is 50.3 Å². The molecule has 0 unspecified atom stereocenters. The number of aromatic nitrogens is 5. The standard InChI is InChI=1S/C36H41N7O2/c1-7-29-22-43(21-27-18-38-16-14-32(27)45-29)20-26-17-25(11-10-23(26)2)33(30-12-13-31-34(24(30)3)40-41-42(31)6)36(4,5)35(44)39-28-9-8-15-37-19-28/h8-19,29,33H,7,20-22H2,1-6H3,(H,39,44)/t29-,33+/m1/s1. The van der Waals surface area contributed by atoms with Gasteiger partial charge >= 0.3 is 0 Å². The van der Waals surface area contributed by atoms with Gasteiger partial charge < -0.3 is 10.1 Å². The molecule has 1 amide bonds. The predicted molar refractivity (Wildman–Crippen MR) is 176 cm³/mol. The number of carbonyl (C=O) groups is 1. The van der Waals surface area contributed by atoms with Crippen molar-refractivity contribution in [3.05, 3.63) is 107 Å². The lowest BCUT2D eigenvalue weighted by atomic mass is 9.69. The van der Waals surface area contributed by atoms with Crippen LogP contribution in [0.4, 0.5) is 5.69 Å². The van der Waals surface area contributed by atoms with E-state index in [0.717, 1.165) is 65.1 Å². The second-order valence-corrected chi connectivity index (χ2v) is 12.7. The van der Waals surface area contributed by atoms with Crippen molar-refractivity contribution in [1.29, 1.82) is 0 Å². The van der Waals surface area contributed by atoms with Gasteiger partial charge in [-0.05, 0) is 72.4 Å². The topological polar surface area (TPSA) is 98.1 Å². The molecule has 1 aliphatic heterocycles. The quantitative estimate of drug-likeness (QED) is 0.221. The average molecular weight is 604 g/mol. The maximum absolute atomic E-state index is 14.1. The maximum atomic E-state index is 14.1. The molecule has 0 fully saturated rings. The van der Waals surface area contributed by atoms with Crippen molar-refractivity contribution in [3.8, 4) is 5.75 Å². The highest BCUT2D eigenvalue weighted by Gasteiger charge is 2.40. The summed E-state index contributed by atoms with van der Waals surface area (Å²) in [5, 5.41) is 11.9. The molecule has 1 N–H and O–H groups in total. The molecule has 9 heteroatoms. The minimum absolute atomic E-state index is 0.0826. The van der Waals surface area contributed by atoms with Crippen LogP contribution in [0.3, 0.4) is 0 Å². The summed E-state index contributed by atoms with van der Waals surface area (Å²) in [4.78, 5) is 25.1. The van der Waals surface area contributed by atoms with Crippen molar-refractivity contribution >= 4 is 22.6 Å². The Labute approximate surface area is 264 Å². The molecule has 3 aromatic heterocycles. The van der Waals surface area contributed by atoms with Crippen LogP contribution in [-0.2, 0) is 24.9 Å². The molecule has 0 saturated carbocycles. The minimum atomic E-state index is -0.836. The van der Waals surface area contributed by atoms with E-state index in [4.69, 9.17) is 4.74 Å². The van der Waals surface area contributed by atoms with Crippen molar-refractivity contribution in [2.45, 2.75) is 66.2 Å². The van der Waals surface area contributed by atoms with Crippen LogP contribution in [0, 0.1) is 19.3 Å². The SMILES string of the molecule is CC[C@@H]1CN(Cc2cc([C@@H](c3ccc4c(nnn4C)c3C)C(C)(C)C(=O)Nc3cccnc3)ccc2C)Cc2cnccc2O1. The number of nitrogens with one attached hydrogen (secondary N) is 1. The number of hydrogen-bond donors (Lipinski definition) is 1. The molecule has 4 heterocycles. The van der Waals surface area contributed by atoms with E-state index < -0.39 is 5.41 Å². The smallest absolute Gasteiger partial charge is 0.231 e. The highest BCUT2D eigenvalue weighted by molar-refractivity contribution is 5.96. The first-order chi connectivity index (χ1) is 21.7. The van der Waals surface area contributed by atoms with Crippen molar-refractivity contribution in [2.24, 2.45) is 12.5 Å². The Balaban J connectivity index is 1.41. The van der Waals surface area contributed by atoms with Gasteiger partial charge in [0.05, 0.1) is 22.8 Å². The van der Waals surface area contributed by atoms with E-state index in [0.29, 0.717) is 5.69 Å². The summed E-state index contributed by atoms with van der Waals surface area (Å²) in [6, 6.07) is 16.5. The van der Waals surface area contributed by atoms with E-state index in [9.17, 15) is 4.79 Å². The summed E-state index contributed by atoms with van der Waals surface area (Å²) < 4.78 is 8.14. The van der Waals surface area contributed by atoms with Gasteiger partial charge in [0.15, 0.2) is 0 Å². The maximum Gasteiger partial charge on any atom is 0.231 e. The first-order valence-corrected chi connectivity index (χ1v) is 15.6. The Morgan fingerprint density at radius 3 is 2.69 bits per heavy atom. The molecule has 1 aliphatic rings. The highest BCUT2D eigenvalue weighted by Crippen LogP contribution is 2.44. The van der Waals surface area contributed by atoms with Crippen LogP contribution in [0.2, 0.25) is 0 Å². The zero-order valence-corrected chi connectivity index (χ0v) is 26.9. The lowest BCUT2D eigenvalue weighted by molar-refractivity contribution is -0.124. The number of rotatable bonds is 8. The van der Waals surface area contributed by atoms with Crippen molar-refractivity contribution in [1.82, 2.24) is 29.9 Å². The molecule has 0 aliphatic carbocycles. The van der Waals surface area contributed by atoms with Gasteiger partial charge in [0.2, 0.25) is 5.91 Å². The number of fused-ring (bicyclic) bond motifs is 2. The summed E-state index contributed by atoms with van der Waals surface area (Å²) in [6.45, 7) is 12.8. The molecule has 0 bridgehead atoms. The number of anilines is 1. The molecule has 9 nitrogen and oxygen atoms in total. The highest BCUT2D eigenvalue weighted by atomic mass is 16.5. The second-order valence-electron chi connectivity index (χ2n) is 12.7. The number of benzene rings is 2. The molecule has 0 saturated heterocycles. The summed E-state index contributed by atoms with van der Waals surface area (Å²) in [5.74, 6) is 0.572. The van der Waals surface area contributed by atoms with Crippen molar-refractivity contribution in [2.75, 3.05) is 11.9 Å². The minimum Gasteiger partial charge on any atom is -0.489 e. The van der Waals surface area contributed by atoms with Crippen LogP contribution in [0.5, 0.6) is 5.75 Å². The van der Waals surface area contributed by atoms with Crippen LogP contribution < -0.4 is 10.1 Å². The number of hydrogen-bond acceptors (Lipinski definition) is 7. The first-order valence-electron chi connectivity index (χ1n) is 15.6. The van der Waals surface area contributed by atoms with Gasteiger partial charge in [0.25, 0.3) is 0 Å². The Kier molecular flexibility index (Phi) is 8.38. The third-order valence-corrected chi connectivity index (χ3v) is 9.18. The third kappa shape index (κ3) is 6.04.